The molecule has 1 saturated carbocycles. The first-order valence-electron chi connectivity index (χ1n) is 8.98. The van der Waals surface area contributed by atoms with Gasteiger partial charge in [0.25, 0.3) is 0 Å². The highest BCUT2D eigenvalue weighted by molar-refractivity contribution is 7.99. The first-order chi connectivity index (χ1) is 13.3. The molecule has 0 aliphatic heterocycles. The molecule has 140 valence electrons. The van der Waals surface area contributed by atoms with Gasteiger partial charge in [0.1, 0.15) is 0 Å². The van der Waals surface area contributed by atoms with Crippen molar-refractivity contribution in [2.75, 3.05) is 11.2 Å². The molecule has 3 aromatic rings. The summed E-state index contributed by atoms with van der Waals surface area (Å²) >= 11 is 1.30. The number of hydrogen-bond acceptors (Lipinski definition) is 6. The smallest absolute Gasteiger partial charge is 0.240 e. The number of nitrogens with one attached hydrogen (secondary N) is 4. The third-order valence-electron chi connectivity index (χ3n) is 4.51. The maximum Gasteiger partial charge on any atom is 0.240 e. The van der Waals surface area contributed by atoms with Crippen molar-refractivity contribution in [2.24, 2.45) is 5.10 Å². The van der Waals surface area contributed by atoms with E-state index in [1.54, 1.807) is 6.21 Å². The second kappa shape index (κ2) is 8.26. The lowest BCUT2D eigenvalue weighted by Crippen LogP contribution is -2.33. The molecule has 1 aliphatic carbocycles. The fraction of sp³-hybridized carbons (Fsp3) is 0.333. The summed E-state index contributed by atoms with van der Waals surface area (Å²) < 4.78 is 0. The van der Waals surface area contributed by atoms with Crippen LogP contribution in [0.15, 0.2) is 40.7 Å². The van der Waals surface area contributed by atoms with Crippen molar-refractivity contribution in [1.82, 2.24) is 25.5 Å². The van der Waals surface area contributed by atoms with Crippen LogP contribution in [0.2, 0.25) is 0 Å². The van der Waals surface area contributed by atoms with Crippen LogP contribution in [-0.4, -0.2) is 44.1 Å². The first-order valence-corrected chi connectivity index (χ1v) is 9.96. The van der Waals surface area contributed by atoms with Crippen LogP contribution >= 0.6 is 11.8 Å². The lowest BCUT2D eigenvalue weighted by atomic mass is 10.2. The fourth-order valence-electron chi connectivity index (χ4n) is 3.19. The van der Waals surface area contributed by atoms with E-state index in [2.05, 4.69) is 36.0 Å². The van der Waals surface area contributed by atoms with E-state index < -0.39 is 0 Å². The summed E-state index contributed by atoms with van der Waals surface area (Å²) in [5.41, 5.74) is 4.87. The van der Waals surface area contributed by atoms with Crippen molar-refractivity contribution in [3.8, 4) is 0 Å². The second-order valence-electron chi connectivity index (χ2n) is 6.46. The van der Waals surface area contributed by atoms with Gasteiger partial charge in [-0.2, -0.15) is 10.1 Å². The van der Waals surface area contributed by atoms with Gasteiger partial charge in [0, 0.05) is 28.7 Å². The van der Waals surface area contributed by atoms with Crippen LogP contribution in [0.1, 0.15) is 31.2 Å². The largest absolute Gasteiger partial charge is 0.361 e. The van der Waals surface area contributed by atoms with E-state index in [0.29, 0.717) is 22.9 Å². The number of benzene rings is 1. The third kappa shape index (κ3) is 4.48. The predicted octanol–water partition coefficient (Wildman–Crippen LogP) is 2.88. The lowest BCUT2D eigenvalue weighted by molar-refractivity contribution is -0.119. The maximum absolute atomic E-state index is 11.9. The summed E-state index contributed by atoms with van der Waals surface area (Å²) in [7, 11) is 0. The number of nitrogens with zero attached hydrogens (tertiary/aromatic N) is 3. The van der Waals surface area contributed by atoms with Crippen LogP contribution < -0.4 is 10.7 Å². The highest BCUT2D eigenvalue weighted by Gasteiger charge is 2.17. The zero-order chi connectivity index (χ0) is 18.5. The zero-order valence-electron chi connectivity index (χ0n) is 14.7. The zero-order valence-corrected chi connectivity index (χ0v) is 15.6. The number of H-pyrrole nitrogens is 2. The number of carbonyl (C=O) groups is 1. The molecule has 27 heavy (non-hydrogen) atoms. The Morgan fingerprint density at radius 3 is 3.07 bits per heavy atom. The SMILES string of the molecule is O=C(CSc1n[nH]c(N/N=C/c2c[nH]c3ccccc23)n1)NC1CCCC1. The van der Waals surface area contributed by atoms with Crippen LogP contribution in [0.5, 0.6) is 0 Å². The molecule has 0 radical (unpaired) electrons. The number of fused-ring (bicyclic) bond motifs is 1. The molecule has 2 aromatic heterocycles. The van der Waals surface area contributed by atoms with E-state index in [1.807, 2.05) is 30.5 Å². The van der Waals surface area contributed by atoms with Gasteiger partial charge in [0.15, 0.2) is 0 Å². The van der Waals surface area contributed by atoms with Crippen LogP contribution in [0.3, 0.4) is 0 Å². The molecule has 0 saturated heterocycles. The van der Waals surface area contributed by atoms with Crippen LogP contribution in [0.25, 0.3) is 10.9 Å². The van der Waals surface area contributed by atoms with E-state index in [1.165, 1.54) is 24.6 Å². The van der Waals surface area contributed by atoms with Crippen molar-refractivity contribution < 1.29 is 4.79 Å². The Morgan fingerprint density at radius 1 is 1.33 bits per heavy atom. The Bertz CT molecular complexity index is 942. The maximum atomic E-state index is 11.9. The third-order valence-corrected chi connectivity index (χ3v) is 5.36. The summed E-state index contributed by atoms with van der Waals surface area (Å²) in [6.45, 7) is 0. The van der Waals surface area contributed by atoms with Crippen LogP contribution in [-0.2, 0) is 4.79 Å². The van der Waals surface area contributed by atoms with Gasteiger partial charge in [-0.25, -0.2) is 10.5 Å². The lowest BCUT2D eigenvalue weighted by Gasteiger charge is -2.10. The minimum absolute atomic E-state index is 0.0311. The number of carbonyl (C=O) groups excluding carboxylic acids is 1. The molecule has 2 heterocycles. The molecule has 1 aliphatic rings. The molecular weight excluding hydrogens is 362 g/mol. The molecule has 4 rings (SSSR count). The minimum Gasteiger partial charge on any atom is -0.361 e. The van der Waals surface area contributed by atoms with Crippen molar-refractivity contribution >= 4 is 40.7 Å². The fourth-order valence-corrected chi connectivity index (χ4v) is 3.80. The van der Waals surface area contributed by atoms with E-state index in [0.717, 1.165) is 29.3 Å². The average molecular weight is 383 g/mol. The van der Waals surface area contributed by atoms with Gasteiger partial charge in [0.2, 0.25) is 17.0 Å². The summed E-state index contributed by atoms with van der Waals surface area (Å²) in [6, 6.07) is 8.36. The number of aromatic amines is 2. The topological polar surface area (TPSA) is 111 Å². The van der Waals surface area contributed by atoms with Crippen molar-refractivity contribution in [2.45, 2.75) is 36.9 Å². The Morgan fingerprint density at radius 2 is 2.19 bits per heavy atom. The highest BCUT2D eigenvalue weighted by Crippen LogP contribution is 2.19. The molecule has 0 bridgehead atoms. The molecule has 1 fully saturated rings. The summed E-state index contributed by atoms with van der Waals surface area (Å²) in [4.78, 5) is 19.4. The molecule has 9 heteroatoms. The van der Waals surface area contributed by atoms with E-state index in [4.69, 9.17) is 0 Å². The normalized spacial score (nSPS) is 15.0. The number of thioether (sulfide) groups is 1. The molecule has 1 aromatic carbocycles. The highest BCUT2D eigenvalue weighted by atomic mass is 32.2. The number of hydrogen-bond donors (Lipinski definition) is 4. The summed E-state index contributed by atoms with van der Waals surface area (Å²) in [5, 5.41) is 15.7. The second-order valence-corrected chi connectivity index (χ2v) is 7.41. The molecule has 0 unspecified atom stereocenters. The van der Waals surface area contributed by atoms with Gasteiger partial charge < -0.3 is 10.3 Å². The molecule has 8 nitrogen and oxygen atoms in total. The number of amides is 1. The summed E-state index contributed by atoms with van der Waals surface area (Å²) in [5.74, 6) is 0.778. The Hall–Kier alpha value is -2.81. The van der Waals surface area contributed by atoms with Crippen molar-refractivity contribution in [3.05, 3.63) is 36.0 Å². The van der Waals surface area contributed by atoms with E-state index >= 15 is 0 Å². The number of anilines is 1. The van der Waals surface area contributed by atoms with Gasteiger partial charge in [-0.3, -0.25) is 4.79 Å². The Labute approximate surface area is 160 Å². The van der Waals surface area contributed by atoms with Crippen LogP contribution in [0, 0.1) is 0 Å². The standard InChI is InChI=1S/C18H21N7OS/c26-16(21-13-5-1-2-6-13)11-27-18-22-17(24-25-18)23-20-10-12-9-19-15-8-4-3-7-14(12)15/h3-4,7-10,13,19H,1-2,5-6,11H2,(H,21,26)(H2,22,23,24,25)/b20-10+. The van der Waals surface area contributed by atoms with Crippen molar-refractivity contribution in [1.29, 1.82) is 0 Å². The minimum atomic E-state index is 0.0311. The van der Waals surface area contributed by atoms with Crippen molar-refractivity contribution in [3.63, 3.8) is 0 Å². The predicted molar refractivity (Wildman–Crippen MR) is 107 cm³/mol. The van der Waals surface area contributed by atoms with Gasteiger partial charge >= 0.3 is 0 Å². The van der Waals surface area contributed by atoms with Gasteiger partial charge in [0.05, 0.1) is 12.0 Å². The number of rotatable bonds is 7. The number of aromatic nitrogens is 4. The molecule has 4 N–H and O–H groups in total. The Balaban J connectivity index is 1.27. The monoisotopic (exact) mass is 383 g/mol. The molecule has 1 amide bonds. The summed E-state index contributed by atoms with van der Waals surface area (Å²) in [6.07, 6.45) is 8.20. The number of para-hydroxylation sites is 1. The number of hydrazone groups is 1. The van der Waals surface area contributed by atoms with Gasteiger partial charge in [-0.15, -0.1) is 5.10 Å². The van der Waals surface area contributed by atoms with E-state index in [-0.39, 0.29) is 5.91 Å². The molecule has 0 spiro atoms. The van der Waals surface area contributed by atoms with Crippen LogP contribution in [0.4, 0.5) is 5.95 Å². The average Bonchev–Trinajstić information content (AvgIpc) is 3.42. The van der Waals surface area contributed by atoms with E-state index in [9.17, 15) is 4.79 Å². The first kappa shape index (κ1) is 17.6. The van der Waals surface area contributed by atoms with Gasteiger partial charge in [-0.05, 0) is 18.9 Å². The van der Waals surface area contributed by atoms with Gasteiger partial charge in [-0.1, -0.05) is 42.8 Å². The molecular formula is C18H21N7OS. The molecule has 0 atom stereocenters. The quantitative estimate of drug-likeness (QED) is 0.285. The Kier molecular flexibility index (Phi) is 5.38.